The Kier molecular flexibility index (Phi) is 2.53. The lowest BCUT2D eigenvalue weighted by Gasteiger charge is -2.26. The van der Waals surface area contributed by atoms with Crippen LogP contribution in [0.25, 0.3) is 0 Å². The van der Waals surface area contributed by atoms with Gasteiger partial charge in [0, 0.05) is 12.8 Å². The minimum Gasteiger partial charge on any atom is -0.452 e. The highest BCUT2D eigenvalue weighted by Crippen LogP contribution is 2.51. The first-order valence-electron chi connectivity index (χ1n) is 5.79. The molecule has 108 valence electrons. The molecule has 0 amide bonds. The van der Waals surface area contributed by atoms with E-state index in [1.807, 2.05) is 0 Å². The quantitative estimate of drug-likeness (QED) is 0.530. The van der Waals surface area contributed by atoms with Gasteiger partial charge in [0.1, 0.15) is 23.6 Å². The zero-order valence-corrected chi connectivity index (χ0v) is 10.9. The average Bonchev–Trinajstić information content (AvgIpc) is 2.79. The van der Waals surface area contributed by atoms with E-state index in [1.54, 1.807) is 6.92 Å². The molecule has 9 heteroatoms. The van der Waals surface area contributed by atoms with Gasteiger partial charge >= 0.3 is 11.9 Å². The van der Waals surface area contributed by atoms with Gasteiger partial charge in [-0.1, -0.05) is 6.92 Å². The number of hydrogen-bond donors (Lipinski definition) is 0. The van der Waals surface area contributed by atoms with Crippen LogP contribution in [0.3, 0.4) is 0 Å². The van der Waals surface area contributed by atoms with Gasteiger partial charge in [-0.15, -0.1) is 0 Å². The predicted molar refractivity (Wildman–Crippen MR) is 55.9 cm³/mol. The van der Waals surface area contributed by atoms with Crippen LogP contribution in [0.15, 0.2) is 0 Å². The van der Waals surface area contributed by atoms with Crippen LogP contribution in [-0.4, -0.2) is 50.0 Å². The molecule has 3 fully saturated rings. The third-order valence-electron chi connectivity index (χ3n) is 3.83. The van der Waals surface area contributed by atoms with Gasteiger partial charge in [-0.25, -0.2) is 4.79 Å². The summed E-state index contributed by atoms with van der Waals surface area (Å²) in [6.07, 6.45) is -3.58. The maximum atomic E-state index is 12.8. The summed E-state index contributed by atoms with van der Waals surface area (Å²) in [5, 5.41) is -0.806. The molecular weight excluding hydrogens is 286 g/mol. The van der Waals surface area contributed by atoms with E-state index in [4.69, 9.17) is 13.7 Å². The fourth-order valence-corrected chi connectivity index (χ4v) is 4.89. The smallest absolute Gasteiger partial charge is 0.377 e. The molecule has 0 spiro atoms. The van der Waals surface area contributed by atoms with Crippen LogP contribution >= 0.6 is 0 Å². The second-order valence-corrected chi connectivity index (χ2v) is 6.92. The molecule has 0 aromatic carbocycles. The van der Waals surface area contributed by atoms with Crippen LogP contribution < -0.4 is 0 Å². The summed E-state index contributed by atoms with van der Waals surface area (Å²) in [4.78, 5) is 11.2. The molecule has 2 bridgehead atoms. The zero-order chi connectivity index (χ0) is 14.2. The molecule has 6 unspecified atom stereocenters. The van der Waals surface area contributed by atoms with Crippen LogP contribution in [-0.2, 0) is 28.6 Å². The van der Waals surface area contributed by atoms with E-state index in [0.29, 0.717) is 6.92 Å². The molecule has 3 aliphatic heterocycles. The maximum absolute atomic E-state index is 12.8. The SMILES string of the molecule is CC1C2OC3C(OS(=O)(=O)C13)C2OC(=O)C(C)(F)F. The third kappa shape index (κ3) is 1.71. The van der Waals surface area contributed by atoms with Gasteiger partial charge in [0.25, 0.3) is 10.1 Å². The van der Waals surface area contributed by atoms with Gasteiger partial charge in [0.2, 0.25) is 0 Å². The summed E-state index contributed by atoms with van der Waals surface area (Å²) in [5.74, 6) is -5.80. The molecule has 0 aromatic heterocycles. The monoisotopic (exact) mass is 298 g/mol. The van der Waals surface area contributed by atoms with E-state index in [-0.39, 0.29) is 0 Å². The highest BCUT2D eigenvalue weighted by molar-refractivity contribution is 7.87. The summed E-state index contributed by atoms with van der Waals surface area (Å²) < 4.78 is 64.1. The number of halogens is 2. The molecule has 0 N–H and O–H groups in total. The molecule has 0 aliphatic carbocycles. The number of esters is 1. The van der Waals surface area contributed by atoms with E-state index in [2.05, 4.69) is 0 Å². The van der Waals surface area contributed by atoms with Crippen molar-refractivity contribution in [3.8, 4) is 0 Å². The molecule has 0 radical (unpaired) electrons. The van der Waals surface area contributed by atoms with Crippen molar-refractivity contribution in [2.45, 2.75) is 49.4 Å². The van der Waals surface area contributed by atoms with Crippen molar-refractivity contribution < 1.29 is 35.6 Å². The van der Waals surface area contributed by atoms with Gasteiger partial charge in [0.15, 0.2) is 6.10 Å². The Balaban J connectivity index is 1.86. The number of carbonyl (C=O) groups excluding carboxylic acids is 1. The van der Waals surface area contributed by atoms with E-state index >= 15 is 0 Å². The number of alkyl halides is 2. The topological polar surface area (TPSA) is 78.9 Å². The van der Waals surface area contributed by atoms with Crippen LogP contribution in [0.2, 0.25) is 0 Å². The molecule has 3 saturated heterocycles. The van der Waals surface area contributed by atoms with Crippen molar-refractivity contribution in [3.63, 3.8) is 0 Å². The first kappa shape index (κ1) is 13.2. The van der Waals surface area contributed by atoms with Crippen LogP contribution in [0.1, 0.15) is 13.8 Å². The van der Waals surface area contributed by atoms with E-state index in [1.165, 1.54) is 0 Å². The summed E-state index contributed by atoms with van der Waals surface area (Å²) in [7, 11) is -3.79. The molecule has 3 heterocycles. The Labute approximate surface area is 108 Å². The summed E-state index contributed by atoms with van der Waals surface area (Å²) in [6, 6.07) is 0. The second kappa shape index (κ2) is 3.64. The Morgan fingerprint density at radius 1 is 1.26 bits per heavy atom. The average molecular weight is 298 g/mol. The Bertz CT molecular complexity index is 527. The standard InChI is InChI=1S/C10H12F2O6S/c1-3-4-5(17-9(13)10(2,11)12)6-7(16-4)8(3)19(14,15)18-6/h3-8H,1-2H3. The van der Waals surface area contributed by atoms with Crippen LogP contribution in [0.4, 0.5) is 8.78 Å². The second-order valence-electron chi connectivity index (χ2n) is 5.20. The zero-order valence-electron chi connectivity index (χ0n) is 10.1. The van der Waals surface area contributed by atoms with Crippen molar-refractivity contribution in [2.75, 3.05) is 0 Å². The van der Waals surface area contributed by atoms with Crippen molar-refractivity contribution >= 4 is 16.1 Å². The van der Waals surface area contributed by atoms with E-state index in [9.17, 15) is 22.0 Å². The van der Waals surface area contributed by atoms with Gasteiger partial charge in [-0.2, -0.15) is 17.2 Å². The van der Waals surface area contributed by atoms with Crippen molar-refractivity contribution in [1.29, 1.82) is 0 Å². The molecule has 19 heavy (non-hydrogen) atoms. The fraction of sp³-hybridized carbons (Fsp3) is 0.900. The summed E-state index contributed by atoms with van der Waals surface area (Å²) in [6.45, 7) is 2.03. The summed E-state index contributed by atoms with van der Waals surface area (Å²) in [5.41, 5.74) is 0. The molecule has 3 rings (SSSR count). The minimum absolute atomic E-state index is 0.419. The largest absolute Gasteiger partial charge is 0.452 e. The van der Waals surface area contributed by atoms with Gasteiger partial charge < -0.3 is 9.47 Å². The van der Waals surface area contributed by atoms with Crippen molar-refractivity contribution in [2.24, 2.45) is 5.92 Å². The Hall–Kier alpha value is -0.800. The first-order valence-corrected chi connectivity index (χ1v) is 7.26. The van der Waals surface area contributed by atoms with Crippen LogP contribution in [0, 0.1) is 5.92 Å². The molecule has 3 aliphatic rings. The highest BCUT2D eigenvalue weighted by Gasteiger charge is 2.70. The number of carbonyl (C=O) groups is 1. The van der Waals surface area contributed by atoms with E-state index in [0.717, 1.165) is 0 Å². The minimum atomic E-state index is -3.79. The van der Waals surface area contributed by atoms with E-state index < -0.39 is 57.6 Å². The van der Waals surface area contributed by atoms with Crippen molar-refractivity contribution in [1.82, 2.24) is 0 Å². The number of fused-ring (bicyclic) bond motifs is 1. The lowest BCUT2D eigenvalue weighted by molar-refractivity contribution is -0.181. The van der Waals surface area contributed by atoms with Crippen LogP contribution in [0.5, 0.6) is 0 Å². The number of hydrogen-bond acceptors (Lipinski definition) is 6. The Morgan fingerprint density at radius 3 is 2.47 bits per heavy atom. The van der Waals surface area contributed by atoms with Gasteiger partial charge in [-0.3, -0.25) is 4.18 Å². The van der Waals surface area contributed by atoms with Gasteiger partial charge in [-0.05, 0) is 0 Å². The normalized spacial score (nSPS) is 46.5. The molecule has 6 atom stereocenters. The lowest BCUT2D eigenvalue weighted by atomic mass is 9.86. The predicted octanol–water partition coefficient (Wildman–Crippen LogP) is 0.0677. The fourth-order valence-electron chi connectivity index (χ4n) is 3.00. The maximum Gasteiger partial charge on any atom is 0.377 e. The number of rotatable bonds is 2. The molecule has 0 saturated carbocycles. The van der Waals surface area contributed by atoms with Gasteiger partial charge in [0.05, 0.1) is 0 Å². The lowest BCUT2D eigenvalue weighted by Crippen LogP contribution is -2.47. The highest BCUT2D eigenvalue weighted by atomic mass is 32.2. The summed E-state index contributed by atoms with van der Waals surface area (Å²) >= 11 is 0. The third-order valence-corrected chi connectivity index (χ3v) is 5.68. The molecule has 6 nitrogen and oxygen atoms in total. The molecule has 0 aromatic rings. The Morgan fingerprint density at radius 2 is 1.89 bits per heavy atom. The molecular formula is C10H12F2O6S. The first-order chi connectivity index (χ1) is 8.63. The number of ether oxygens (including phenoxy) is 2. The van der Waals surface area contributed by atoms with Crippen molar-refractivity contribution in [3.05, 3.63) is 0 Å².